The lowest BCUT2D eigenvalue weighted by atomic mass is 9.85. The highest BCUT2D eigenvalue weighted by atomic mass is 35.5. The minimum absolute atomic E-state index is 0.0529. The van der Waals surface area contributed by atoms with Crippen LogP contribution in [-0.4, -0.2) is 62.8 Å². The Morgan fingerprint density at radius 1 is 1.00 bits per heavy atom. The van der Waals surface area contributed by atoms with Gasteiger partial charge in [-0.3, -0.25) is 9.72 Å². The molecule has 2 atom stereocenters. The van der Waals surface area contributed by atoms with E-state index >= 15 is 0 Å². The number of benzene rings is 2. The predicted octanol–water partition coefficient (Wildman–Crippen LogP) is 7.66. The van der Waals surface area contributed by atoms with Gasteiger partial charge in [-0.15, -0.1) is 10.2 Å². The van der Waals surface area contributed by atoms with Gasteiger partial charge in [-0.25, -0.2) is 9.48 Å². The summed E-state index contributed by atoms with van der Waals surface area (Å²) in [5, 5.41) is 20.5. The summed E-state index contributed by atoms with van der Waals surface area (Å²) in [4.78, 5) is 15.9. The van der Waals surface area contributed by atoms with Crippen LogP contribution in [0.3, 0.4) is 0 Å². The second-order valence-electron chi connectivity index (χ2n) is 14.4. The fraction of sp³-hybridized carbons (Fsp3) is 0.421. The molecular formula is C38H45ClN8O4. The number of anilines is 2. The van der Waals surface area contributed by atoms with E-state index in [4.69, 9.17) is 30.9 Å². The molecule has 12 nitrogen and oxygen atoms in total. The zero-order chi connectivity index (χ0) is 35.7. The van der Waals surface area contributed by atoms with Crippen LogP contribution in [0.2, 0.25) is 5.02 Å². The summed E-state index contributed by atoms with van der Waals surface area (Å²) in [7, 11) is 0. The molecule has 1 fully saturated rings. The first-order chi connectivity index (χ1) is 24.5. The number of nitrogens with one attached hydrogen (secondary N) is 2. The Morgan fingerprint density at radius 2 is 1.82 bits per heavy atom. The highest BCUT2D eigenvalue weighted by Gasteiger charge is 2.30. The largest absolute Gasteiger partial charge is 0.489 e. The van der Waals surface area contributed by atoms with Gasteiger partial charge >= 0.3 is 6.03 Å². The molecule has 51 heavy (non-hydrogen) atoms. The third kappa shape index (κ3) is 7.62. The molecule has 2 N–H and O–H groups in total. The van der Waals surface area contributed by atoms with Crippen LogP contribution >= 0.6 is 11.6 Å². The summed E-state index contributed by atoms with van der Waals surface area (Å²) in [6.45, 7) is 13.2. The minimum atomic E-state index is -0.326. The van der Waals surface area contributed by atoms with Crippen LogP contribution in [0.15, 0.2) is 66.9 Å². The molecule has 2 amide bonds. The second-order valence-corrected chi connectivity index (χ2v) is 14.8. The third-order valence-corrected chi connectivity index (χ3v) is 9.44. The van der Waals surface area contributed by atoms with Gasteiger partial charge in [0.2, 0.25) is 5.95 Å². The second kappa shape index (κ2) is 14.4. The van der Waals surface area contributed by atoms with Gasteiger partial charge in [0.15, 0.2) is 5.65 Å². The van der Waals surface area contributed by atoms with Gasteiger partial charge in [-0.1, -0.05) is 56.6 Å². The van der Waals surface area contributed by atoms with Crippen molar-refractivity contribution < 1.29 is 19.0 Å². The van der Waals surface area contributed by atoms with Crippen molar-refractivity contribution in [1.29, 1.82) is 0 Å². The average molecular weight is 713 g/mol. The fourth-order valence-electron chi connectivity index (χ4n) is 6.59. The Balaban J connectivity index is 1.09. The molecule has 1 aliphatic carbocycles. The number of hydrogen-bond donors (Lipinski definition) is 2. The lowest BCUT2D eigenvalue weighted by Crippen LogP contribution is -2.36. The number of amides is 2. The molecule has 7 rings (SSSR count). The molecular weight excluding hydrogens is 668 g/mol. The highest BCUT2D eigenvalue weighted by molar-refractivity contribution is 6.32. The fourth-order valence-corrected chi connectivity index (χ4v) is 6.75. The maximum absolute atomic E-state index is 13.7. The van der Waals surface area contributed by atoms with Crippen molar-refractivity contribution in [1.82, 2.24) is 29.7 Å². The number of nitrogens with zero attached hydrogens (tertiary/aromatic N) is 6. The van der Waals surface area contributed by atoms with Crippen molar-refractivity contribution >= 4 is 35.0 Å². The number of fused-ring (bicyclic) bond motifs is 2. The summed E-state index contributed by atoms with van der Waals surface area (Å²) in [6.07, 6.45) is 4.08. The van der Waals surface area contributed by atoms with Crippen molar-refractivity contribution in [2.24, 2.45) is 0 Å². The van der Waals surface area contributed by atoms with E-state index in [1.807, 2.05) is 66.9 Å². The van der Waals surface area contributed by atoms with E-state index in [-0.39, 0.29) is 29.7 Å². The monoisotopic (exact) mass is 712 g/mol. The van der Waals surface area contributed by atoms with E-state index in [2.05, 4.69) is 58.6 Å². The summed E-state index contributed by atoms with van der Waals surface area (Å²) >= 11 is 6.44. The summed E-state index contributed by atoms with van der Waals surface area (Å²) in [6, 6.07) is 18.9. The summed E-state index contributed by atoms with van der Waals surface area (Å²) in [5.74, 6) is 2.61. The van der Waals surface area contributed by atoms with Crippen LogP contribution < -0.4 is 25.0 Å². The number of halogens is 1. The Labute approximate surface area is 303 Å². The molecule has 1 saturated heterocycles. The number of rotatable bonds is 8. The molecule has 0 saturated carbocycles. The van der Waals surface area contributed by atoms with Crippen molar-refractivity contribution in [3.63, 3.8) is 0 Å². The Hall–Kier alpha value is -4.81. The van der Waals surface area contributed by atoms with E-state index in [1.54, 1.807) is 10.7 Å². The van der Waals surface area contributed by atoms with Gasteiger partial charge in [0.05, 0.1) is 41.4 Å². The van der Waals surface area contributed by atoms with Gasteiger partial charge < -0.3 is 24.4 Å². The normalized spacial score (nSPS) is 18.0. The molecule has 0 bridgehead atoms. The topological polar surface area (TPSA) is 120 Å². The number of pyridine rings is 1. The zero-order valence-corrected chi connectivity index (χ0v) is 30.5. The van der Waals surface area contributed by atoms with Gasteiger partial charge in [-0.2, -0.15) is 5.10 Å². The molecule has 1 aliphatic heterocycles. The molecule has 0 radical (unpaired) electrons. The highest BCUT2D eigenvalue weighted by Crippen LogP contribution is 2.39. The molecule has 2 aromatic carbocycles. The first-order valence-electron chi connectivity index (χ1n) is 17.6. The number of aromatic nitrogens is 5. The van der Waals surface area contributed by atoms with Crippen molar-refractivity contribution in [2.75, 3.05) is 36.5 Å². The molecule has 3 aromatic heterocycles. The SMILES string of the molecule is CC(C)Oc1cc(-n2nc(C(C)(C)C)cc2NC(=O)N[C@H]2CC[C@@H](Oc3ccc4nnc(N5CCCOCC5)n4c3)c3ccccc32)ccc1Cl. The minimum Gasteiger partial charge on any atom is -0.489 e. The van der Waals surface area contributed by atoms with Gasteiger partial charge in [-0.05, 0) is 68.5 Å². The van der Waals surface area contributed by atoms with Crippen LogP contribution in [-0.2, 0) is 10.2 Å². The number of carbonyl (C=O) groups excluding carboxylic acids is 1. The molecule has 13 heteroatoms. The number of urea groups is 1. The summed E-state index contributed by atoms with van der Waals surface area (Å²) < 4.78 is 21.9. The van der Waals surface area contributed by atoms with E-state index in [0.717, 1.165) is 66.0 Å². The lowest BCUT2D eigenvalue weighted by Gasteiger charge is -2.32. The maximum Gasteiger partial charge on any atom is 0.320 e. The van der Waals surface area contributed by atoms with Crippen LogP contribution in [0.1, 0.15) is 82.8 Å². The smallest absolute Gasteiger partial charge is 0.320 e. The van der Waals surface area contributed by atoms with E-state index < -0.39 is 0 Å². The zero-order valence-electron chi connectivity index (χ0n) is 29.7. The van der Waals surface area contributed by atoms with Crippen LogP contribution in [0.25, 0.3) is 11.3 Å². The van der Waals surface area contributed by atoms with Gasteiger partial charge in [0.25, 0.3) is 0 Å². The first kappa shape index (κ1) is 34.6. The maximum atomic E-state index is 13.7. The van der Waals surface area contributed by atoms with Crippen molar-refractivity contribution in [3.8, 4) is 17.2 Å². The lowest BCUT2D eigenvalue weighted by molar-refractivity contribution is 0.152. The Bertz CT molecular complexity index is 2010. The van der Waals surface area contributed by atoms with Gasteiger partial charge in [0, 0.05) is 37.2 Å². The quantitative estimate of drug-likeness (QED) is 0.168. The molecule has 0 unspecified atom stereocenters. The van der Waals surface area contributed by atoms with Crippen LogP contribution in [0.5, 0.6) is 11.5 Å². The number of ether oxygens (including phenoxy) is 3. The van der Waals surface area contributed by atoms with Gasteiger partial charge in [0.1, 0.15) is 23.4 Å². The van der Waals surface area contributed by atoms with E-state index in [9.17, 15) is 4.79 Å². The molecule has 0 spiro atoms. The Morgan fingerprint density at radius 3 is 2.63 bits per heavy atom. The van der Waals surface area contributed by atoms with Crippen molar-refractivity contribution in [3.05, 3.63) is 88.7 Å². The third-order valence-electron chi connectivity index (χ3n) is 9.12. The molecule has 5 aromatic rings. The summed E-state index contributed by atoms with van der Waals surface area (Å²) in [5.41, 5.74) is 4.14. The molecule has 4 heterocycles. The molecule has 268 valence electrons. The van der Waals surface area contributed by atoms with Crippen LogP contribution in [0.4, 0.5) is 16.6 Å². The number of hydrogen-bond acceptors (Lipinski definition) is 8. The Kier molecular flexibility index (Phi) is 9.80. The first-order valence-corrected chi connectivity index (χ1v) is 18.0. The average Bonchev–Trinajstić information content (AvgIpc) is 3.62. The number of carbonyl (C=O) groups is 1. The van der Waals surface area contributed by atoms with Crippen LogP contribution in [0, 0.1) is 0 Å². The van der Waals surface area contributed by atoms with E-state index in [1.165, 1.54) is 0 Å². The van der Waals surface area contributed by atoms with E-state index in [0.29, 0.717) is 36.0 Å². The molecule has 2 aliphatic rings. The predicted molar refractivity (Wildman–Crippen MR) is 198 cm³/mol. The standard InChI is InChI=1S/C38H45ClN8O4/c1-24(2)50-32-21-25(11-13-29(32)39)47-35(22-33(44-47)38(3,4)5)41-36(48)40-30-14-15-31(28-10-7-6-9-27(28)30)51-26-12-16-34-42-43-37(46(34)23-26)45-17-8-19-49-20-18-45/h6-7,9-13,16,21-24,30-31H,8,14-15,17-20H2,1-5H3,(H2,40,41,48)/t30-,31+/m0/s1. The van der Waals surface area contributed by atoms with Crippen molar-refractivity contribution in [2.45, 2.75) is 77.5 Å².